The van der Waals surface area contributed by atoms with Gasteiger partial charge in [-0.2, -0.15) is 10.1 Å². The first-order chi connectivity index (χ1) is 14.6. The average molecular weight is 429 g/mol. The zero-order valence-corrected chi connectivity index (χ0v) is 18.0. The molecule has 9 heteroatoms. The normalized spacial score (nSPS) is 18.8. The van der Waals surface area contributed by atoms with Crippen LogP contribution >= 0.6 is 11.3 Å². The van der Waals surface area contributed by atoms with Gasteiger partial charge in [0.15, 0.2) is 11.6 Å². The Balaban J connectivity index is 1.49. The molecule has 1 saturated heterocycles. The third kappa shape index (κ3) is 3.89. The van der Waals surface area contributed by atoms with Crippen molar-refractivity contribution in [2.45, 2.75) is 51.0 Å². The SMILES string of the molecule is CCC(O)c1cc2nc(N3CCC(CO)CC3)nc(Nc3cc(C4CC4)[nH]n3)c2s1. The van der Waals surface area contributed by atoms with Gasteiger partial charge in [0.05, 0.1) is 16.3 Å². The Kier molecular flexibility index (Phi) is 5.34. The molecule has 30 heavy (non-hydrogen) atoms. The largest absolute Gasteiger partial charge is 0.396 e. The molecule has 2 fully saturated rings. The lowest BCUT2D eigenvalue weighted by molar-refractivity contribution is 0.177. The Hall–Kier alpha value is -2.23. The summed E-state index contributed by atoms with van der Waals surface area (Å²) in [6.07, 6.45) is 4.48. The fourth-order valence-electron chi connectivity index (χ4n) is 3.97. The van der Waals surface area contributed by atoms with Crippen LogP contribution in [0.15, 0.2) is 12.1 Å². The van der Waals surface area contributed by atoms with Gasteiger partial charge in [0, 0.05) is 42.3 Å². The molecule has 4 heterocycles. The first-order valence-corrected chi connectivity index (χ1v) is 11.6. The van der Waals surface area contributed by atoms with E-state index in [1.165, 1.54) is 29.9 Å². The maximum absolute atomic E-state index is 10.3. The second-order valence-electron chi connectivity index (χ2n) is 8.38. The molecule has 160 valence electrons. The third-order valence-corrected chi connectivity index (χ3v) is 7.34. The molecule has 0 radical (unpaired) electrons. The molecule has 5 rings (SSSR count). The molecule has 0 aromatic carbocycles. The third-order valence-electron chi connectivity index (χ3n) is 6.11. The van der Waals surface area contributed by atoms with Crippen molar-refractivity contribution in [1.82, 2.24) is 20.2 Å². The highest BCUT2D eigenvalue weighted by molar-refractivity contribution is 7.19. The highest BCUT2D eigenvalue weighted by Gasteiger charge is 2.26. The van der Waals surface area contributed by atoms with Crippen LogP contribution in [0, 0.1) is 5.92 Å². The highest BCUT2D eigenvalue weighted by atomic mass is 32.1. The number of fused-ring (bicyclic) bond motifs is 1. The van der Waals surface area contributed by atoms with Crippen LogP contribution in [0.3, 0.4) is 0 Å². The Morgan fingerprint density at radius 1 is 1.23 bits per heavy atom. The van der Waals surface area contributed by atoms with Crippen molar-refractivity contribution in [3.8, 4) is 0 Å². The minimum atomic E-state index is -0.493. The van der Waals surface area contributed by atoms with Gasteiger partial charge < -0.3 is 20.4 Å². The molecule has 2 aliphatic rings. The number of aromatic nitrogens is 4. The number of aliphatic hydroxyl groups excluding tert-OH is 2. The number of piperidine rings is 1. The van der Waals surface area contributed by atoms with Gasteiger partial charge in [-0.3, -0.25) is 5.10 Å². The summed E-state index contributed by atoms with van der Waals surface area (Å²) in [5.41, 5.74) is 2.01. The van der Waals surface area contributed by atoms with Crippen LogP contribution in [0.2, 0.25) is 0 Å². The van der Waals surface area contributed by atoms with E-state index in [1.54, 1.807) is 0 Å². The second kappa shape index (κ2) is 8.13. The van der Waals surface area contributed by atoms with Crippen LogP contribution in [-0.2, 0) is 0 Å². The number of hydrogen-bond donors (Lipinski definition) is 4. The Bertz CT molecular complexity index is 1020. The van der Waals surface area contributed by atoms with E-state index in [-0.39, 0.29) is 6.61 Å². The molecule has 1 atom stereocenters. The summed E-state index contributed by atoms with van der Waals surface area (Å²) in [6, 6.07) is 4.04. The summed E-state index contributed by atoms with van der Waals surface area (Å²) in [5.74, 6) is 3.14. The van der Waals surface area contributed by atoms with Gasteiger partial charge in [0.2, 0.25) is 5.95 Å². The first-order valence-electron chi connectivity index (χ1n) is 10.8. The van der Waals surface area contributed by atoms with Gasteiger partial charge in [0.25, 0.3) is 0 Å². The van der Waals surface area contributed by atoms with E-state index in [0.717, 1.165) is 52.7 Å². The van der Waals surface area contributed by atoms with Crippen LogP contribution in [0.1, 0.15) is 61.6 Å². The number of anilines is 3. The van der Waals surface area contributed by atoms with E-state index in [4.69, 9.17) is 9.97 Å². The molecule has 1 aliphatic carbocycles. The zero-order valence-electron chi connectivity index (χ0n) is 17.1. The maximum atomic E-state index is 10.3. The molecule has 3 aromatic heterocycles. The summed E-state index contributed by atoms with van der Waals surface area (Å²) in [6.45, 7) is 3.88. The lowest BCUT2D eigenvalue weighted by atomic mass is 9.98. The van der Waals surface area contributed by atoms with Crippen molar-refractivity contribution in [2.24, 2.45) is 5.92 Å². The fraction of sp³-hybridized carbons (Fsp3) is 0.571. The van der Waals surface area contributed by atoms with Crippen LogP contribution in [0.4, 0.5) is 17.6 Å². The Labute approximate surface area is 179 Å². The highest BCUT2D eigenvalue weighted by Crippen LogP contribution is 2.40. The van der Waals surface area contributed by atoms with Crippen molar-refractivity contribution in [3.05, 3.63) is 22.7 Å². The quantitative estimate of drug-likeness (QED) is 0.454. The molecule has 0 spiro atoms. The second-order valence-corrected chi connectivity index (χ2v) is 9.46. The molecule has 0 amide bonds. The zero-order chi connectivity index (χ0) is 20.7. The summed E-state index contributed by atoms with van der Waals surface area (Å²) in [4.78, 5) is 12.8. The lowest BCUT2D eigenvalue weighted by Gasteiger charge is -2.31. The van der Waals surface area contributed by atoms with Crippen LogP contribution in [0.25, 0.3) is 10.2 Å². The number of aliphatic hydroxyl groups is 2. The van der Waals surface area contributed by atoms with E-state index >= 15 is 0 Å². The summed E-state index contributed by atoms with van der Waals surface area (Å²) in [5, 5.41) is 30.7. The molecule has 8 nitrogen and oxygen atoms in total. The minimum absolute atomic E-state index is 0.242. The fourth-order valence-corrected chi connectivity index (χ4v) is 5.08. The number of nitrogens with zero attached hydrogens (tertiary/aromatic N) is 4. The van der Waals surface area contributed by atoms with Crippen LogP contribution in [-0.4, -0.2) is 50.1 Å². The van der Waals surface area contributed by atoms with Crippen molar-refractivity contribution in [2.75, 3.05) is 29.9 Å². The van der Waals surface area contributed by atoms with Gasteiger partial charge in [-0.1, -0.05) is 6.92 Å². The number of aromatic amines is 1. The smallest absolute Gasteiger partial charge is 0.227 e. The first kappa shape index (κ1) is 19.7. The van der Waals surface area contributed by atoms with Crippen molar-refractivity contribution in [1.29, 1.82) is 0 Å². The molecule has 4 N–H and O–H groups in total. The topological polar surface area (TPSA) is 110 Å². The van der Waals surface area contributed by atoms with Crippen molar-refractivity contribution in [3.63, 3.8) is 0 Å². The van der Waals surface area contributed by atoms with E-state index in [2.05, 4.69) is 26.5 Å². The summed E-state index contributed by atoms with van der Waals surface area (Å²) < 4.78 is 0.933. The van der Waals surface area contributed by atoms with Gasteiger partial charge in [0.1, 0.15) is 0 Å². The van der Waals surface area contributed by atoms with E-state index < -0.39 is 6.10 Å². The number of rotatable bonds is 7. The van der Waals surface area contributed by atoms with Crippen LogP contribution < -0.4 is 10.2 Å². The van der Waals surface area contributed by atoms with E-state index in [1.807, 2.05) is 13.0 Å². The lowest BCUT2D eigenvalue weighted by Crippen LogP contribution is -2.35. The molecular formula is C21H28N6O2S. The average Bonchev–Trinajstić information content (AvgIpc) is 3.36. The molecule has 1 unspecified atom stereocenters. The number of thiophene rings is 1. The minimum Gasteiger partial charge on any atom is -0.396 e. The summed E-state index contributed by atoms with van der Waals surface area (Å²) in [7, 11) is 0. The van der Waals surface area contributed by atoms with E-state index in [9.17, 15) is 10.2 Å². The van der Waals surface area contributed by atoms with Gasteiger partial charge in [-0.15, -0.1) is 11.3 Å². The molecule has 0 bridgehead atoms. The standard InChI is InChI=1S/C21H28N6O2S/c1-2-16(29)17-9-15-19(30-17)20(23-18-10-14(25-26-18)13-3-4-13)24-21(22-15)27-7-5-12(11-28)6-8-27/h9-10,12-13,16,28-29H,2-8,11H2,1H3,(H2,22,23,24,25,26). The predicted molar refractivity (Wildman–Crippen MR) is 119 cm³/mol. The maximum Gasteiger partial charge on any atom is 0.227 e. The number of hydrogen-bond acceptors (Lipinski definition) is 8. The van der Waals surface area contributed by atoms with Crippen LogP contribution in [0.5, 0.6) is 0 Å². The molecular weight excluding hydrogens is 400 g/mol. The molecule has 1 saturated carbocycles. The van der Waals surface area contributed by atoms with Crippen molar-refractivity contribution >= 4 is 39.1 Å². The van der Waals surface area contributed by atoms with Gasteiger partial charge in [-0.25, -0.2) is 4.98 Å². The monoisotopic (exact) mass is 428 g/mol. The summed E-state index contributed by atoms with van der Waals surface area (Å²) >= 11 is 1.53. The predicted octanol–water partition coefficient (Wildman–Crippen LogP) is 3.69. The van der Waals surface area contributed by atoms with Gasteiger partial charge >= 0.3 is 0 Å². The molecule has 1 aliphatic heterocycles. The Morgan fingerprint density at radius 2 is 2.03 bits per heavy atom. The van der Waals surface area contributed by atoms with Crippen molar-refractivity contribution < 1.29 is 10.2 Å². The number of nitrogens with one attached hydrogen (secondary N) is 2. The Morgan fingerprint density at radius 3 is 2.73 bits per heavy atom. The van der Waals surface area contributed by atoms with E-state index in [0.29, 0.717) is 24.2 Å². The molecule has 3 aromatic rings. The van der Waals surface area contributed by atoms with Gasteiger partial charge in [-0.05, 0) is 44.1 Å². The number of H-pyrrole nitrogens is 1.